The molecule has 5 nitrogen and oxygen atoms in total. The summed E-state index contributed by atoms with van der Waals surface area (Å²) < 4.78 is 5.33. The lowest BCUT2D eigenvalue weighted by Gasteiger charge is -2.51. The molecule has 4 saturated heterocycles. The van der Waals surface area contributed by atoms with E-state index in [-0.39, 0.29) is 5.91 Å². The zero-order valence-electron chi connectivity index (χ0n) is 16.3. The van der Waals surface area contributed by atoms with Gasteiger partial charge in [-0.15, -0.1) is 0 Å². The van der Waals surface area contributed by atoms with E-state index in [0.717, 1.165) is 17.9 Å². The predicted octanol–water partition coefficient (Wildman–Crippen LogP) is 2.72. The number of pyridine rings is 1. The van der Waals surface area contributed by atoms with Gasteiger partial charge in [-0.3, -0.25) is 14.7 Å². The summed E-state index contributed by atoms with van der Waals surface area (Å²) in [6, 6.07) is 13.1. The minimum absolute atomic E-state index is 0.243. The molecule has 0 radical (unpaired) electrons. The van der Waals surface area contributed by atoms with Crippen LogP contribution in [0.15, 0.2) is 48.8 Å². The molecule has 4 aliphatic heterocycles. The van der Waals surface area contributed by atoms with Crippen LogP contribution in [0.5, 0.6) is 5.75 Å². The number of amides is 1. The summed E-state index contributed by atoms with van der Waals surface area (Å²) in [7, 11) is 1.70. The van der Waals surface area contributed by atoms with E-state index in [2.05, 4.69) is 26.9 Å². The highest BCUT2D eigenvalue weighted by molar-refractivity contribution is 5.80. The van der Waals surface area contributed by atoms with Crippen LogP contribution in [-0.2, 0) is 11.2 Å². The minimum atomic E-state index is 0.243. The number of ether oxygens (including phenoxy) is 1. The number of aromatic nitrogens is 1. The van der Waals surface area contributed by atoms with Crippen molar-refractivity contribution in [3.63, 3.8) is 0 Å². The third-order valence-corrected chi connectivity index (χ3v) is 6.94. The van der Waals surface area contributed by atoms with Gasteiger partial charge in [0.05, 0.1) is 19.6 Å². The van der Waals surface area contributed by atoms with Crippen molar-refractivity contribution in [2.24, 2.45) is 5.92 Å². The summed E-state index contributed by atoms with van der Waals surface area (Å²) in [6.45, 7) is 3.15. The highest BCUT2D eigenvalue weighted by Crippen LogP contribution is 2.46. The fourth-order valence-electron chi connectivity index (χ4n) is 5.63. The van der Waals surface area contributed by atoms with Gasteiger partial charge < -0.3 is 9.64 Å². The van der Waals surface area contributed by atoms with Crippen LogP contribution >= 0.6 is 0 Å². The Morgan fingerprint density at radius 1 is 1.14 bits per heavy atom. The number of carbonyl (C=O) groups is 1. The number of rotatable bonds is 4. The summed E-state index contributed by atoms with van der Waals surface area (Å²) in [6.07, 6.45) is 6.44. The highest BCUT2D eigenvalue weighted by Gasteiger charge is 2.54. The molecule has 3 atom stereocenters. The van der Waals surface area contributed by atoms with E-state index >= 15 is 0 Å². The number of hydrogen-bond acceptors (Lipinski definition) is 4. The zero-order valence-corrected chi connectivity index (χ0v) is 16.3. The molecular weight excluding hydrogens is 350 g/mol. The molecule has 1 amide bonds. The Kier molecular flexibility index (Phi) is 4.55. The summed E-state index contributed by atoms with van der Waals surface area (Å²) in [4.78, 5) is 22.3. The first kappa shape index (κ1) is 17.7. The smallest absolute Gasteiger partial charge is 0.227 e. The van der Waals surface area contributed by atoms with Gasteiger partial charge in [0.2, 0.25) is 5.91 Å². The van der Waals surface area contributed by atoms with E-state index in [0.29, 0.717) is 30.3 Å². The first-order valence-electron chi connectivity index (χ1n) is 10.3. The lowest BCUT2D eigenvalue weighted by molar-refractivity contribution is -0.135. The van der Waals surface area contributed by atoms with Gasteiger partial charge in [-0.2, -0.15) is 0 Å². The molecule has 5 heteroatoms. The van der Waals surface area contributed by atoms with E-state index in [1.807, 2.05) is 30.5 Å². The van der Waals surface area contributed by atoms with Crippen LogP contribution in [0.3, 0.4) is 0 Å². The Morgan fingerprint density at radius 3 is 2.61 bits per heavy atom. The average molecular weight is 377 g/mol. The number of hydrogen-bond donors (Lipinski definition) is 0. The number of nitrogens with zero attached hydrogens (tertiary/aromatic N) is 3. The van der Waals surface area contributed by atoms with Crippen LogP contribution in [0.25, 0.3) is 0 Å². The zero-order chi connectivity index (χ0) is 19.1. The van der Waals surface area contributed by atoms with Crippen molar-refractivity contribution in [3.8, 4) is 5.75 Å². The normalized spacial score (nSPS) is 30.9. The van der Waals surface area contributed by atoms with E-state index in [1.54, 1.807) is 13.3 Å². The van der Waals surface area contributed by atoms with Crippen LogP contribution in [0.1, 0.15) is 29.9 Å². The number of methoxy groups -OCH3 is 1. The van der Waals surface area contributed by atoms with Crippen molar-refractivity contribution in [2.45, 2.75) is 37.3 Å². The molecule has 0 unspecified atom stereocenters. The minimum Gasteiger partial charge on any atom is -0.497 e. The molecule has 6 rings (SSSR count). The predicted molar refractivity (Wildman–Crippen MR) is 107 cm³/mol. The molecule has 1 aromatic heterocycles. The maximum atomic E-state index is 13.3. The number of carbonyl (C=O) groups excluding carboxylic acids is 1. The van der Waals surface area contributed by atoms with E-state index in [9.17, 15) is 4.79 Å². The Morgan fingerprint density at radius 2 is 1.93 bits per heavy atom. The van der Waals surface area contributed by atoms with Gasteiger partial charge in [-0.25, -0.2) is 0 Å². The van der Waals surface area contributed by atoms with Crippen molar-refractivity contribution in [3.05, 3.63) is 59.9 Å². The van der Waals surface area contributed by atoms with Crippen LogP contribution in [0.4, 0.5) is 0 Å². The highest BCUT2D eigenvalue weighted by atomic mass is 16.5. The van der Waals surface area contributed by atoms with Crippen LogP contribution in [0, 0.1) is 5.92 Å². The van der Waals surface area contributed by atoms with Crippen molar-refractivity contribution in [1.29, 1.82) is 0 Å². The Labute approximate surface area is 166 Å². The molecule has 0 saturated carbocycles. The molecule has 4 fully saturated rings. The number of benzene rings is 1. The maximum absolute atomic E-state index is 13.3. The van der Waals surface area contributed by atoms with Gasteiger partial charge in [0, 0.05) is 30.9 Å². The Balaban J connectivity index is 1.44. The third-order valence-electron chi connectivity index (χ3n) is 6.94. The lowest BCUT2D eigenvalue weighted by atomic mass is 9.75. The first-order chi connectivity index (χ1) is 13.7. The largest absolute Gasteiger partial charge is 0.497 e. The second-order valence-electron chi connectivity index (χ2n) is 8.32. The molecule has 2 bridgehead atoms. The van der Waals surface area contributed by atoms with Gasteiger partial charge in [-0.05, 0) is 61.2 Å². The molecule has 146 valence electrons. The van der Waals surface area contributed by atoms with Gasteiger partial charge in [0.15, 0.2) is 0 Å². The fourth-order valence-corrected chi connectivity index (χ4v) is 5.63. The molecule has 0 spiro atoms. The third kappa shape index (κ3) is 2.98. The SMILES string of the molecule is COc1ccc([C@@H]2CN(C(=O)Cc3cccnc3)[C@@H]3C4CCN(CC4)[C@@H]32)cc1. The molecule has 0 N–H and O–H groups in total. The van der Waals surface area contributed by atoms with Crippen molar-refractivity contribution >= 4 is 5.91 Å². The molecule has 0 aliphatic carbocycles. The molecule has 4 aliphatic rings. The van der Waals surface area contributed by atoms with Gasteiger partial charge in [-0.1, -0.05) is 18.2 Å². The second-order valence-corrected chi connectivity index (χ2v) is 8.32. The first-order valence-corrected chi connectivity index (χ1v) is 10.3. The number of fused-ring (bicyclic) bond motifs is 2. The van der Waals surface area contributed by atoms with Gasteiger partial charge in [0.1, 0.15) is 5.75 Å². The van der Waals surface area contributed by atoms with Crippen LogP contribution < -0.4 is 4.74 Å². The quantitative estimate of drug-likeness (QED) is 0.822. The average Bonchev–Trinajstić information content (AvgIpc) is 3.18. The topological polar surface area (TPSA) is 45.7 Å². The van der Waals surface area contributed by atoms with Crippen molar-refractivity contribution in [1.82, 2.24) is 14.8 Å². The molecule has 2 aromatic rings. The maximum Gasteiger partial charge on any atom is 0.227 e. The number of piperidine rings is 3. The van der Waals surface area contributed by atoms with Crippen LogP contribution in [0.2, 0.25) is 0 Å². The number of likely N-dealkylation sites (tertiary alicyclic amines) is 1. The summed E-state index contributed by atoms with van der Waals surface area (Å²) >= 11 is 0. The van der Waals surface area contributed by atoms with Crippen LogP contribution in [-0.4, -0.2) is 59.5 Å². The molecule has 28 heavy (non-hydrogen) atoms. The Hall–Kier alpha value is -2.40. The van der Waals surface area contributed by atoms with Crippen molar-refractivity contribution < 1.29 is 9.53 Å². The second kappa shape index (κ2) is 7.21. The van der Waals surface area contributed by atoms with E-state index in [1.165, 1.54) is 31.5 Å². The van der Waals surface area contributed by atoms with Gasteiger partial charge >= 0.3 is 0 Å². The molecular formula is C23H27N3O2. The lowest BCUT2D eigenvalue weighted by Crippen LogP contribution is -2.60. The Bertz CT molecular complexity index is 831. The molecule has 5 heterocycles. The fraction of sp³-hybridized carbons (Fsp3) is 0.478. The molecule has 1 aromatic carbocycles. The van der Waals surface area contributed by atoms with Gasteiger partial charge in [0.25, 0.3) is 0 Å². The monoisotopic (exact) mass is 377 g/mol. The van der Waals surface area contributed by atoms with E-state index < -0.39 is 0 Å². The summed E-state index contributed by atoms with van der Waals surface area (Å²) in [5.74, 6) is 2.13. The van der Waals surface area contributed by atoms with E-state index in [4.69, 9.17) is 4.74 Å². The summed E-state index contributed by atoms with van der Waals surface area (Å²) in [5, 5.41) is 0. The van der Waals surface area contributed by atoms with Crippen molar-refractivity contribution in [2.75, 3.05) is 26.7 Å². The summed E-state index contributed by atoms with van der Waals surface area (Å²) in [5.41, 5.74) is 2.32. The standard InChI is InChI=1S/C23H27N3O2/c1-28-19-6-4-17(5-7-19)20-15-26(21(27)13-16-3-2-10-24-14-16)22-18-8-11-25(12-9-18)23(20)22/h2-7,10,14,18,20,22-23H,8-9,11-13,15H2,1H3/t20-,22+,23+/m0/s1.